The first kappa shape index (κ1) is 15.0. The largest absolute Gasteiger partial charge is 0.294 e. The third-order valence-electron chi connectivity index (χ3n) is 1.35. The van der Waals surface area contributed by atoms with Gasteiger partial charge in [-0.2, -0.15) is 10.2 Å². The number of thioether (sulfide) groups is 1. The minimum atomic E-state index is -1.11. The Morgan fingerprint density at radius 3 is 2.60 bits per heavy atom. The molecule has 0 saturated heterocycles. The minimum absolute atomic E-state index is 0.360. The van der Waals surface area contributed by atoms with Gasteiger partial charge in [-0.3, -0.25) is 15.1 Å². The maximum Gasteiger partial charge on any atom is 0.130 e. The van der Waals surface area contributed by atoms with E-state index in [4.69, 9.17) is 16.7 Å². The Labute approximate surface area is 103 Å². The zero-order valence-electron chi connectivity index (χ0n) is 9.36. The van der Waals surface area contributed by atoms with E-state index in [2.05, 4.69) is 16.7 Å². The molecule has 0 heterocycles. The van der Waals surface area contributed by atoms with Crippen LogP contribution in [0.4, 0.5) is 0 Å². The molecule has 0 bridgehead atoms. The van der Waals surface area contributed by atoms with Crippen molar-refractivity contribution < 1.29 is 0 Å². The summed E-state index contributed by atoms with van der Waals surface area (Å²) < 4.78 is 0. The molecule has 3 nitrogen and oxygen atoms in total. The summed E-state index contributed by atoms with van der Waals surface area (Å²) in [5.74, 6) is 1.46. The fourth-order valence-electron chi connectivity index (χ4n) is 0.845. The zero-order valence-corrected chi connectivity index (χ0v) is 11.8. The molecular formula is C9H18ClN3S2. The normalized spacial score (nSPS) is 15.3. The van der Waals surface area contributed by atoms with Gasteiger partial charge in [-0.15, -0.1) is 11.8 Å². The molecule has 2 N–H and O–H groups in total. The summed E-state index contributed by atoms with van der Waals surface area (Å²) in [5, 5.41) is 6.36. The molecule has 0 fully saturated rings. The van der Waals surface area contributed by atoms with Gasteiger partial charge in [0.15, 0.2) is 0 Å². The van der Waals surface area contributed by atoms with Crippen LogP contribution in [0.15, 0.2) is 21.2 Å². The second kappa shape index (κ2) is 7.33. The lowest BCUT2D eigenvalue weighted by Crippen LogP contribution is -2.17. The molecular weight excluding hydrogens is 250 g/mol. The second-order valence-corrected chi connectivity index (χ2v) is 8.22. The number of hydrogen-bond donors (Lipinski definition) is 1. The molecule has 0 amide bonds. The number of hydrogen-bond acceptors (Lipinski definition) is 4. The van der Waals surface area contributed by atoms with E-state index >= 15 is 0 Å². The number of rotatable bonds is 6. The zero-order chi connectivity index (χ0) is 11.9. The lowest BCUT2D eigenvalue weighted by molar-refractivity contribution is 1.36. The van der Waals surface area contributed by atoms with Crippen molar-refractivity contribution in [1.29, 1.82) is 0 Å². The van der Waals surface area contributed by atoms with Crippen LogP contribution in [0.1, 0.15) is 0 Å². The van der Waals surface area contributed by atoms with Gasteiger partial charge in [-0.1, -0.05) is 11.6 Å². The highest BCUT2D eigenvalue weighted by atomic mass is 35.5. The van der Waals surface area contributed by atoms with Gasteiger partial charge in [0.05, 0.1) is 5.88 Å². The fraction of sp³-hybridized carbons (Fsp3) is 0.556. The van der Waals surface area contributed by atoms with Crippen molar-refractivity contribution in [3.8, 4) is 0 Å². The van der Waals surface area contributed by atoms with Gasteiger partial charge >= 0.3 is 0 Å². The predicted molar refractivity (Wildman–Crippen MR) is 77.8 cm³/mol. The second-order valence-electron chi connectivity index (χ2n) is 3.46. The van der Waals surface area contributed by atoms with Crippen molar-refractivity contribution in [3.63, 3.8) is 0 Å². The molecule has 0 aromatic carbocycles. The highest BCUT2D eigenvalue weighted by Crippen LogP contribution is 2.29. The van der Waals surface area contributed by atoms with Crippen LogP contribution in [0.2, 0.25) is 0 Å². The molecule has 0 aliphatic carbocycles. The van der Waals surface area contributed by atoms with E-state index in [1.54, 1.807) is 17.8 Å². The predicted octanol–water partition coefficient (Wildman–Crippen LogP) is 2.47. The smallest absolute Gasteiger partial charge is 0.130 e. The van der Waals surface area contributed by atoms with E-state index in [1.165, 1.54) is 0 Å². The Morgan fingerprint density at radius 1 is 1.60 bits per heavy atom. The lowest BCUT2D eigenvalue weighted by atomic mass is 10.4. The summed E-state index contributed by atoms with van der Waals surface area (Å²) in [5.41, 5.74) is 0.893. The summed E-state index contributed by atoms with van der Waals surface area (Å²) in [6.45, 7) is 3.36. The summed E-state index contributed by atoms with van der Waals surface area (Å²) >= 11 is 7.43. The van der Waals surface area contributed by atoms with Gasteiger partial charge in [-0.05, 0) is 31.6 Å². The molecule has 15 heavy (non-hydrogen) atoms. The summed E-state index contributed by atoms with van der Waals surface area (Å²) in [6.07, 6.45) is 7.79. The van der Waals surface area contributed by atoms with Crippen LogP contribution in [-0.4, -0.2) is 42.8 Å². The molecule has 0 radical (unpaired) electrons. The Kier molecular flexibility index (Phi) is 7.34. The third kappa shape index (κ3) is 8.99. The van der Waals surface area contributed by atoms with Crippen molar-refractivity contribution in [2.75, 3.05) is 30.4 Å². The Balaban J connectivity index is 4.67. The summed E-state index contributed by atoms with van der Waals surface area (Å²) in [4.78, 5) is 8.01. The van der Waals surface area contributed by atoms with Crippen molar-refractivity contribution in [2.45, 2.75) is 0 Å². The Morgan fingerprint density at radius 2 is 2.20 bits per heavy atom. The molecule has 0 aliphatic heterocycles. The SMILES string of the molecule is C=N/C(Cl)=C\C(CS(C)(C)N)=NCSC. The summed E-state index contributed by atoms with van der Waals surface area (Å²) in [7, 11) is -1.11. The quantitative estimate of drug-likeness (QED) is 0.594. The molecule has 0 aromatic rings. The van der Waals surface area contributed by atoms with Gasteiger partial charge in [0.2, 0.25) is 0 Å². The third-order valence-corrected chi connectivity index (χ3v) is 3.01. The standard InChI is InChI=1S/C9H18ClN3S2/c1-12-9(10)5-8(13-7-14-2)6-15(3,4)11/h5H,1,6-7,11H2,2-4H3/b9-5-,13-8?. The van der Waals surface area contributed by atoms with E-state index in [9.17, 15) is 0 Å². The van der Waals surface area contributed by atoms with Crippen LogP contribution in [0.3, 0.4) is 0 Å². The van der Waals surface area contributed by atoms with Crippen LogP contribution >= 0.6 is 33.6 Å². The fourth-order valence-corrected chi connectivity index (χ4v) is 2.20. The lowest BCUT2D eigenvalue weighted by Gasteiger charge is -2.24. The molecule has 88 valence electrons. The van der Waals surface area contributed by atoms with Crippen molar-refractivity contribution in [3.05, 3.63) is 11.2 Å². The monoisotopic (exact) mass is 267 g/mol. The van der Waals surface area contributed by atoms with E-state index in [0.717, 1.165) is 11.5 Å². The Bertz CT molecular complexity index is 269. The minimum Gasteiger partial charge on any atom is -0.294 e. The van der Waals surface area contributed by atoms with Crippen molar-refractivity contribution in [1.82, 2.24) is 0 Å². The van der Waals surface area contributed by atoms with Crippen molar-refractivity contribution in [2.24, 2.45) is 15.1 Å². The maximum absolute atomic E-state index is 6.00. The first-order chi connectivity index (χ1) is 6.89. The van der Waals surface area contributed by atoms with Crippen LogP contribution in [0, 0.1) is 0 Å². The molecule has 0 unspecified atom stereocenters. The van der Waals surface area contributed by atoms with Gasteiger partial charge in [0.25, 0.3) is 0 Å². The molecule has 0 saturated carbocycles. The van der Waals surface area contributed by atoms with Gasteiger partial charge in [-0.25, -0.2) is 0 Å². The van der Waals surface area contributed by atoms with Crippen LogP contribution in [0.5, 0.6) is 0 Å². The van der Waals surface area contributed by atoms with Gasteiger partial charge in [0, 0.05) is 11.5 Å². The molecule has 0 atom stereocenters. The maximum atomic E-state index is 6.00. The van der Waals surface area contributed by atoms with E-state index in [0.29, 0.717) is 11.0 Å². The average Bonchev–Trinajstić information content (AvgIpc) is 2.11. The average molecular weight is 268 g/mol. The number of nitrogens with zero attached hydrogens (tertiary/aromatic N) is 2. The first-order valence-electron chi connectivity index (χ1n) is 4.24. The topological polar surface area (TPSA) is 50.7 Å². The van der Waals surface area contributed by atoms with Crippen LogP contribution in [0.25, 0.3) is 0 Å². The van der Waals surface area contributed by atoms with E-state index in [-0.39, 0.29) is 0 Å². The Hall–Kier alpha value is 0.0300. The highest BCUT2D eigenvalue weighted by molar-refractivity contribution is 8.31. The molecule has 0 aliphatic rings. The van der Waals surface area contributed by atoms with E-state index in [1.807, 2.05) is 18.8 Å². The highest BCUT2D eigenvalue weighted by Gasteiger charge is 2.08. The molecule has 0 spiro atoms. The molecule has 0 aromatic heterocycles. The number of aliphatic imine (C=N–C) groups is 2. The first-order valence-corrected chi connectivity index (χ1v) is 8.69. The van der Waals surface area contributed by atoms with Gasteiger partial charge < -0.3 is 0 Å². The van der Waals surface area contributed by atoms with Crippen LogP contribution < -0.4 is 5.14 Å². The summed E-state index contributed by atoms with van der Waals surface area (Å²) in [6, 6.07) is 0. The van der Waals surface area contributed by atoms with E-state index < -0.39 is 10.2 Å². The molecule has 6 heteroatoms. The molecule has 0 rings (SSSR count). The van der Waals surface area contributed by atoms with Crippen molar-refractivity contribution >= 4 is 46.0 Å². The number of nitrogens with two attached hydrogens (primary N) is 1. The number of halogens is 1. The van der Waals surface area contributed by atoms with Gasteiger partial charge in [0.1, 0.15) is 5.16 Å². The van der Waals surface area contributed by atoms with Crippen LogP contribution in [-0.2, 0) is 0 Å². The number of allylic oxidation sites excluding steroid dienone is 1.